The summed E-state index contributed by atoms with van der Waals surface area (Å²) < 4.78 is 1.98. The molecule has 29 heavy (non-hydrogen) atoms. The zero-order chi connectivity index (χ0) is 21.0. The lowest BCUT2D eigenvalue weighted by atomic mass is 10.1. The number of nitrogens with zero attached hydrogens (tertiary/aromatic N) is 2. The first kappa shape index (κ1) is 20.7. The van der Waals surface area contributed by atoms with Crippen molar-refractivity contribution in [2.24, 2.45) is 0 Å². The Kier molecular flexibility index (Phi) is 6.39. The van der Waals surface area contributed by atoms with Crippen molar-refractivity contribution >= 4 is 35.0 Å². The summed E-state index contributed by atoms with van der Waals surface area (Å²) in [5.41, 5.74) is 5.53. The molecule has 0 atom stereocenters. The number of benzene rings is 2. The number of hydrogen-bond acceptors (Lipinski definition) is 4. The zero-order valence-corrected chi connectivity index (χ0v) is 17.8. The third-order valence-electron chi connectivity index (χ3n) is 4.18. The average Bonchev–Trinajstić information content (AvgIpc) is 3.10. The van der Waals surface area contributed by atoms with Crippen LogP contribution in [-0.2, 0) is 9.59 Å². The molecule has 2 N–H and O–H groups in total. The summed E-state index contributed by atoms with van der Waals surface area (Å²) in [6.45, 7) is 7.49. The summed E-state index contributed by atoms with van der Waals surface area (Å²) >= 11 is 1.36. The molecule has 1 heterocycles. The molecule has 3 aromatic rings. The van der Waals surface area contributed by atoms with Crippen LogP contribution in [0.5, 0.6) is 0 Å². The minimum Gasteiger partial charge on any atom is -0.325 e. The van der Waals surface area contributed by atoms with Crippen LogP contribution in [0.4, 0.5) is 11.4 Å². The number of hydrogen-bond donors (Lipinski definition) is 2. The van der Waals surface area contributed by atoms with E-state index in [9.17, 15) is 9.59 Å². The Morgan fingerprint density at radius 1 is 0.966 bits per heavy atom. The predicted molar refractivity (Wildman–Crippen MR) is 118 cm³/mol. The molecule has 0 aliphatic heterocycles. The Balaban J connectivity index is 1.71. The van der Waals surface area contributed by atoms with E-state index in [4.69, 9.17) is 0 Å². The molecule has 0 bridgehead atoms. The third kappa shape index (κ3) is 5.48. The Labute approximate surface area is 174 Å². The summed E-state index contributed by atoms with van der Waals surface area (Å²) in [7, 11) is 0. The monoisotopic (exact) mass is 408 g/mol. The highest BCUT2D eigenvalue weighted by Gasteiger charge is 2.12. The smallest absolute Gasteiger partial charge is 0.234 e. The Morgan fingerprint density at radius 3 is 2.38 bits per heavy atom. The topological polar surface area (TPSA) is 76.0 Å². The van der Waals surface area contributed by atoms with Gasteiger partial charge in [-0.1, -0.05) is 23.9 Å². The number of carbonyl (C=O) groups excluding carboxylic acids is 2. The van der Waals surface area contributed by atoms with Gasteiger partial charge in [-0.3, -0.25) is 14.2 Å². The molecular weight excluding hydrogens is 384 g/mol. The standard InChI is InChI=1S/C22H24N4O2S/c1-14-5-6-19(24-17(4)27)20(12-14)25-21(28)13-29-22-23-7-8-26(22)18-10-15(2)9-16(3)11-18/h5-12H,13H2,1-4H3,(H,24,27)(H,25,28). The summed E-state index contributed by atoms with van der Waals surface area (Å²) in [5, 5.41) is 6.37. The highest BCUT2D eigenvalue weighted by Crippen LogP contribution is 2.25. The van der Waals surface area contributed by atoms with E-state index < -0.39 is 0 Å². The number of anilines is 2. The van der Waals surface area contributed by atoms with Crippen LogP contribution in [0.25, 0.3) is 5.69 Å². The molecule has 1 aromatic heterocycles. The predicted octanol–water partition coefficient (Wildman–Crippen LogP) is 4.49. The van der Waals surface area contributed by atoms with Gasteiger partial charge in [-0.25, -0.2) is 4.98 Å². The van der Waals surface area contributed by atoms with Crippen LogP contribution in [-0.4, -0.2) is 27.1 Å². The normalized spacial score (nSPS) is 10.6. The number of aryl methyl sites for hydroxylation is 3. The fourth-order valence-electron chi connectivity index (χ4n) is 3.06. The van der Waals surface area contributed by atoms with Crippen LogP contribution in [0.1, 0.15) is 23.6 Å². The molecule has 150 valence electrons. The van der Waals surface area contributed by atoms with Gasteiger partial charge in [0, 0.05) is 25.0 Å². The van der Waals surface area contributed by atoms with E-state index in [0.29, 0.717) is 11.4 Å². The van der Waals surface area contributed by atoms with Crippen molar-refractivity contribution in [3.05, 3.63) is 65.5 Å². The van der Waals surface area contributed by atoms with Gasteiger partial charge in [0.1, 0.15) is 0 Å². The number of aromatic nitrogens is 2. The summed E-state index contributed by atoms with van der Waals surface area (Å²) in [6.07, 6.45) is 3.62. The van der Waals surface area contributed by atoms with E-state index in [2.05, 4.69) is 47.7 Å². The largest absolute Gasteiger partial charge is 0.325 e. The maximum atomic E-state index is 12.5. The van der Waals surface area contributed by atoms with Crippen molar-refractivity contribution in [2.45, 2.75) is 32.9 Å². The molecule has 7 heteroatoms. The van der Waals surface area contributed by atoms with Crippen LogP contribution in [0.2, 0.25) is 0 Å². The van der Waals surface area contributed by atoms with E-state index in [1.54, 1.807) is 12.3 Å². The fourth-order valence-corrected chi connectivity index (χ4v) is 3.83. The van der Waals surface area contributed by atoms with Gasteiger partial charge in [-0.05, 0) is 61.7 Å². The van der Waals surface area contributed by atoms with E-state index >= 15 is 0 Å². The minimum absolute atomic E-state index is 0.165. The summed E-state index contributed by atoms with van der Waals surface area (Å²) in [6, 6.07) is 11.8. The Bertz CT molecular complexity index is 1040. The summed E-state index contributed by atoms with van der Waals surface area (Å²) in [5.74, 6) is -0.147. The van der Waals surface area contributed by atoms with Crippen LogP contribution >= 0.6 is 11.8 Å². The van der Waals surface area contributed by atoms with Crippen molar-refractivity contribution in [3.63, 3.8) is 0 Å². The van der Waals surface area contributed by atoms with E-state index in [1.165, 1.54) is 29.8 Å². The molecule has 0 saturated carbocycles. The van der Waals surface area contributed by atoms with Gasteiger partial charge < -0.3 is 10.6 Å². The molecule has 2 aromatic carbocycles. The van der Waals surface area contributed by atoms with E-state index in [-0.39, 0.29) is 17.6 Å². The first-order chi connectivity index (χ1) is 13.8. The highest BCUT2D eigenvalue weighted by molar-refractivity contribution is 7.99. The molecule has 0 spiro atoms. The molecule has 3 rings (SSSR count). The average molecular weight is 409 g/mol. The van der Waals surface area contributed by atoms with Gasteiger partial charge >= 0.3 is 0 Å². The third-order valence-corrected chi connectivity index (χ3v) is 5.15. The van der Waals surface area contributed by atoms with E-state index in [1.807, 2.05) is 29.8 Å². The molecule has 0 aliphatic carbocycles. The molecule has 0 aliphatic rings. The number of rotatable bonds is 6. The lowest BCUT2D eigenvalue weighted by Gasteiger charge is -2.13. The number of amides is 2. The van der Waals surface area contributed by atoms with E-state index in [0.717, 1.165) is 16.4 Å². The van der Waals surface area contributed by atoms with Crippen molar-refractivity contribution in [2.75, 3.05) is 16.4 Å². The maximum absolute atomic E-state index is 12.5. The van der Waals surface area contributed by atoms with Gasteiger partial charge in [0.05, 0.1) is 17.1 Å². The second-order valence-electron chi connectivity index (χ2n) is 6.99. The first-order valence-corrected chi connectivity index (χ1v) is 10.2. The molecule has 0 saturated heterocycles. The van der Waals surface area contributed by atoms with Crippen LogP contribution in [0, 0.1) is 20.8 Å². The van der Waals surface area contributed by atoms with Gasteiger partial charge in [0.15, 0.2) is 5.16 Å². The number of carbonyl (C=O) groups is 2. The number of thioether (sulfide) groups is 1. The fraction of sp³-hybridized carbons (Fsp3) is 0.227. The first-order valence-electron chi connectivity index (χ1n) is 9.25. The second kappa shape index (κ2) is 8.96. The molecule has 0 fully saturated rings. The number of nitrogens with one attached hydrogen (secondary N) is 2. The SMILES string of the molecule is CC(=O)Nc1ccc(C)cc1NC(=O)CSc1nccn1-c1cc(C)cc(C)c1. The van der Waals surface area contributed by atoms with Crippen LogP contribution < -0.4 is 10.6 Å². The molecule has 0 unspecified atom stereocenters. The minimum atomic E-state index is -0.186. The molecule has 0 radical (unpaired) electrons. The zero-order valence-electron chi connectivity index (χ0n) is 16.9. The quantitative estimate of drug-likeness (QED) is 0.590. The lowest BCUT2D eigenvalue weighted by Crippen LogP contribution is -2.17. The van der Waals surface area contributed by atoms with Gasteiger partial charge in [-0.15, -0.1) is 0 Å². The maximum Gasteiger partial charge on any atom is 0.234 e. The van der Waals surface area contributed by atoms with Crippen molar-refractivity contribution in [1.29, 1.82) is 0 Å². The van der Waals surface area contributed by atoms with Crippen LogP contribution in [0.15, 0.2) is 53.9 Å². The Morgan fingerprint density at radius 2 is 1.69 bits per heavy atom. The van der Waals surface area contributed by atoms with Crippen molar-refractivity contribution in [3.8, 4) is 5.69 Å². The Hall–Kier alpha value is -3.06. The van der Waals surface area contributed by atoms with Crippen LogP contribution in [0.3, 0.4) is 0 Å². The molecule has 6 nitrogen and oxygen atoms in total. The highest BCUT2D eigenvalue weighted by atomic mass is 32.2. The van der Waals surface area contributed by atoms with Gasteiger partial charge in [0.25, 0.3) is 0 Å². The number of imidazole rings is 1. The van der Waals surface area contributed by atoms with Crippen molar-refractivity contribution in [1.82, 2.24) is 9.55 Å². The summed E-state index contributed by atoms with van der Waals surface area (Å²) in [4.78, 5) is 28.3. The van der Waals surface area contributed by atoms with Gasteiger partial charge in [-0.2, -0.15) is 0 Å². The molecule has 2 amide bonds. The van der Waals surface area contributed by atoms with Crippen molar-refractivity contribution < 1.29 is 9.59 Å². The lowest BCUT2D eigenvalue weighted by molar-refractivity contribution is -0.115. The second-order valence-corrected chi connectivity index (χ2v) is 7.94. The van der Waals surface area contributed by atoms with Gasteiger partial charge in [0.2, 0.25) is 11.8 Å². The molecular formula is C22H24N4O2S.